The second kappa shape index (κ2) is 7.17. The van der Waals surface area contributed by atoms with Crippen molar-refractivity contribution in [3.05, 3.63) is 35.9 Å². The lowest BCUT2D eigenvalue weighted by Gasteiger charge is -2.17. The Hall–Kier alpha value is -0.510. The van der Waals surface area contributed by atoms with Crippen LogP contribution in [0.25, 0.3) is 0 Å². The van der Waals surface area contributed by atoms with E-state index in [0.717, 1.165) is 5.75 Å². The standard InChI is InChI=1S/C15H24N2S/c1-13(16)15-7-8-17(11-15)9-10-18-12-14-5-3-2-4-6-14/h2-6,13,15H,7-12,16H2,1H3. The molecule has 100 valence electrons. The van der Waals surface area contributed by atoms with Gasteiger partial charge in [0.25, 0.3) is 0 Å². The molecule has 0 aliphatic carbocycles. The molecule has 0 radical (unpaired) electrons. The molecule has 2 rings (SSSR count). The smallest absolute Gasteiger partial charge is 0.0185 e. The van der Waals surface area contributed by atoms with Crippen molar-refractivity contribution in [3.63, 3.8) is 0 Å². The molecule has 0 aromatic heterocycles. The topological polar surface area (TPSA) is 29.3 Å². The Morgan fingerprint density at radius 2 is 2.17 bits per heavy atom. The first kappa shape index (κ1) is 13.9. The number of nitrogens with two attached hydrogens (primary N) is 1. The zero-order valence-corrected chi connectivity index (χ0v) is 12.0. The molecule has 2 atom stereocenters. The zero-order valence-electron chi connectivity index (χ0n) is 11.2. The summed E-state index contributed by atoms with van der Waals surface area (Å²) in [6.45, 7) is 5.78. The minimum absolute atomic E-state index is 0.354. The van der Waals surface area contributed by atoms with Crippen LogP contribution in [0.1, 0.15) is 18.9 Å². The Morgan fingerprint density at radius 1 is 1.39 bits per heavy atom. The minimum Gasteiger partial charge on any atom is -0.328 e. The van der Waals surface area contributed by atoms with Crippen LogP contribution in [-0.2, 0) is 5.75 Å². The van der Waals surface area contributed by atoms with Gasteiger partial charge in [-0.15, -0.1) is 0 Å². The van der Waals surface area contributed by atoms with E-state index in [4.69, 9.17) is 5.73 Å². The van der Waals surface area contributed by atoms with Gasteiger partial charge in [0.2, 0.25) is 0 Å². The monoisotopic (exact) mass is 264 g/mol. The molecule has 1 aromatic carbocycles. The van der Waals surface area contributed by atoms with E-state index in [1.54, 1.807) is 0 Å². The van der Waals surface area contributed by atoms with Gasteiger partial charge in [0.1, 0.15) is 0 Å². The molecule has 1 heterocycles. The average Bonchev–Trinajstić information content (AvgIpc) is 2.85. The molecule has 0 saturated carbocycles. The molecule has 18 heavy (non-hydrogen) atoms. The maximum absolute atomic E-state index is 5.96. The molecule has 1 aliphatic heterocycles. The summed E-state index contributed by atoms with van der Waals surface area (Å²) in [5.74, 6) is 3.07. The van der Waals surface area contributed by atoms with Crippen molar-refractivity contribution in [1.82, 2.24) is 4.90 Å². The van der Waals surface area contributed by atoms with Crippen molar-refractivity contribution in [3.8, 4) is 0 Å². The molecule has 2 unspecified atom stereocenters. The molecule has 2 N–H and O–H groups in total. The Bertz CT molecular complexity index is 340. The summed E-state index contributed by atoms with van der Waals surface area (Å²) in [6, 6.07) is 11.1. The summed E-state index contributed by atoms with van der Waals surface area (Å²) < 4.78 is 0. The summed E-state index contributed by atoms with van der Waals surface area (Å²) in [6.07, 6.45) is 1.28. The van der Waals surface area contributed by atoms with Crippen molar-refractivity contribution in [2.45, 2.75) is 25.1 Å². The van der Waals surface area contributed by atoms with Crippen LogP contribution in [0, 0.1) is 5.92 Å². The average molecular weight is 264 g/mol. The molecule has 1 fully saturated rings. The number of hydrogen-bond donors (Lipinski definition) is 1. The molecule has 0 amide bonds. The highest BCUT2D eigenvalue weighted by atomic mass is 32.2. The van der Waals surface area contributed by atoms with Gasteiger partial charge in [-0.2, -0.15) is 11.8 Å². The van der Waals surface area contributed by atoms with Crippen LogP contribution in [0.2, 0.25) is 0 Å². The van der Waals surface area contributed by atoms with E-state index in [0.29, 0.717) is 12.0 Å². The van der Waals surface area contributed by atoms with Crippen LogP contribution >= 0.6 is 11.8 Å². The highest BCUT2D eigenvalue weighted by Gasteiger charge is 2.24. The first-order valence-electron chi connectivity index (χ1n) is 6.85. The van der Waals surface area contributed by atoms with Gasteiger partial charge >= 0.3 is 0 Å². The van der Waals surface area contributed by atoms with Crippen molar-refractivity contribution in [1.29, 1.82) is 0 Å². The van der Waals surface area contributed by atoms with Crippen LogP contribution in [-0.4, -0.2) is 36.3 Å². The van der Waals surface area contributed by atoms with Gasteiger partial charge in [0.05, 0.1) is 0 Å². The fraction of sp³-hybridized carbons (Fsp3) is 0.600. The van der Waals surface area contributed by atoms with E-state index in [1.807, 2.05) is 11.8 Å². The fourth-order valence-electron chi connectivity index (χ4n) is 2.45. The van der Waals surface area contributed by atoms with Crippen LogP contribution in [0.4, 0.5) is 0 Å². The lowest BCUT2D eigenvalue weighted by atomic mass is 10.0. The van der Waals surface area contributed by atoms with Crippen LogP contribution < -0.4 is 5.73 Å². The predicted octanol–water partition coefficient (Wildman–Crippen LogP) is 2.59. The van der Waals surface area contributed by atoms with E-state index in [-0.39, 0.29) is 0 Å². The molecule has 1 aromatic rings. The Balaban J connectivity index is 1.59. The number of likely N-dealkylation sites (tertiary alicyclic amines) is 1. The summed E-state index contributed by atoms with van der Waals surface area (Å²) >= 11 is 2.03. The normalized spacial score (nSPS) is 22.2. The second-order valence-corrected chi connectivity index (χ2v) is 6.35. The van der Waals surface area contributed by atoms with E-state index in [1.165, 1.54) is 37.4 Å². The van der Waals surface area contributed by atoms with Gasteiger partial charge in [0.15, 0.2) is 0 Å². The first-order valence-corrected chi connectivity index (χ1v) is 8.01. The van der Waals surface area contributed by atoms with Gasteiger partial charge in [-0.1, -0.05) is 30.3 Å². The van der Waals surface area contributed by atoms with Gasteiger partial charge in [-0.25, -0.2) is 0 Å². The summed E-state index contributed by atoms with van der Waals surface area (Å²) in [5, 5.41) is 0. The molecular weight excluding hydrogens is 240 g/mol. The van der Waals surface area contributed by atoms with E-state index < -0.39 is 0 Å². The van der Waals surface area contributed by atoms with E-state index in [2.05, 4.69) is 42.2 Å². The number of benzene rings is 1. The quantitative estimate of drug-likeness (QED) is 0.801. The van der Waals surface area contributed by atoms with Crippen LogP contribution in [0.5, 0.6) is 0 Å². The lowest BCUT2D eigenvalue weighted by Crippen LogP contribution is -2.30. The summed E-state index contributed by atoms with van der Waals surface area (Å²) in [5.41, 5.74) is 7.39. The van der Waals surface area contributed by atoms with Crippen LogP contribution in [0.15, 0.2) is 30.3 Å². The zero-order chi connectivity index (χ0) is 12.8. The number of nitrogens with zero attached hydrogens (tertiary/aromatic N) is 1. The molecule has 2 nitrogen and oxygen atoms in total. The molecule has 0 spiro atoms. The van der Waals surface area contributed by atoms with Crippen LogP contribution in [0.3, 0.4) is 0 Å². The molecule has 0 bridgehead atoms. The largest absolute Gasteiger partial charge is 0.328 e. The van der Waals surface area contributed by atoms with Crippen molar-refractivity contribution < 1.29 is 0 Å². The van der Waals surface area contributed by atoms with Gasteiger partial charge < -0.3 is 10.6 Å². The Morgan fingerprint density at radius 3 is 2.83 bits per heavy atom. The number of thioether (sulfide) groups is 1. The van der Waals surface area contributed by atoms with Crippen molar-refractivity contribution in [2.75, 3.05) is 25.4 Å². The number of rotatable bonds is 6. The van der Waals surface area contributed by atoms with Gasteiger partial charge in [-0.05, 0) is 31.4 Å². The van der Waals surface area contributed by atoms with E-state index >= 15 is 0 Å². The SMILES string of the molecule is CC(N)C1CCN(CCSCc2ccccc2)C1. The van der Waals surface area contributed by atoms with Crippen molar-refractivity contribution in [2.24, 2.45) is 11.7 Å². The Labute approximate surface area is 115 Å². The van der Waals surface area contributed by atoms with Gasteiger partial charge in [-0.3, -0.25) is 0 Å². The molecule has 3 heteroatoms. The maximum Gasteiger partial charge on any atom is 0.0185 e. The third kappa shape index (κ3) is 4.30. The fourth-order valence-corrected chi connectivity index (χ4v) is 3.41. The first-order chi connectivity index (χ1) is 8.75. The van der Waals surface area contributed by atoms with E-state index in [9.17, 15) is 0 Å². The third-order valence-corrected chi connectivity index (χ3v) is 4.72. The summed E-state index contributed by atoms with van der Waals surface area (Å²) in [7, 11) is 0. The highest BCUT2D eigenvalue weighted by molar-refractivity contribution is 7.98. The van der Waals surface area contributed by atoms with Gasteiger partial charge in [0, 0.05) is 30.6 Å². The summed E-state index contributed by atoms with van der Waals surface area (Å²) in [4.78, 5) is 2.56. The second-order valence-electron chi connectivity index (χ2n) is 5.25. The predicted molar refractivity (Wildman–Crippen MR) is 80.8 cm³/mol. The Kier molecular flexibility index (Phi) is 5.54. The minimum atomic E-state index is 0.354. The third-order valence-electron chi connectivity index (χ3n) is 3.72. The molecule has 1 saturated heterocycles. The molecular formula is C15H24N2S. The maximum atomic E-state index is 5.96. The molecule has 1 aliphatic rings. The lowest BCUT2D eigenvalue weighted by molar-refractivity contribution is 0.334. The number of hydrogen-bond acceptors (Lipinski definition) is 3. The van der Waals surface area contributed by atoms with Crippen molar-refractivity contribution >= 4 is 11.8 Å². The highest BCUT2D eigenvalue weighted by Crippen LogP contribution is 2.19.